The predicted octanol–water partition coefficient (Wildman–Crippen LogP) is 7.82. The first-order valence-electron chi connectivity index (χ1n) is 15.8. The van der Waals surface area contributed by atoms with Crippen LogP contribution in [0.4, 0.5) is 0 Å². The third-order valence-electron chi connectivity index (χ3n) is 5.92. The Morgan fingerprint density at radius 1 is 0.721 bits per heavy atom. The van der Waals surface area contributed by atoms with Crippen LogP contribution in [0.1, 0.15) is 104 Å². The molecule has 0 aliphatic heterocycles. The van der Waals surface area contributed by atoms with Crippen molar-refractivity contribution in [3.63, 3.8) is 0 Å². The Hall–Kier alpha value is -2.29. The van der Waals surface area contributed by atoms with E-state index in [1.165, 1.54) is 0 Å². The minimum atomic E-state index is -4.37. The molecule has 0 rings (SSSR count). The molecule has 0 aliphatic rings. The Morgan fingerprint density at radius 2 is 1.28 bits per heavy atom. The highest BCUT2D eigenvalue weighted by Crippen LogP contribution is 2.43. The number of phosphoric acid groups is 1. The second-order valence-corrected chi connectivity index (χ2v) is 11.4. The zero-order chi connectivity index (χ0) is 31.9. The van der Waals surface area contributed by atoms with Crippen LogP contribution in [0.15, 0.2) is 60.8 Å². The van der Waals surface area contributed by atoms with E-state index in [2.05, 4.69) is 68.5 Å². The number of rotatable bonds is 28. The van der Waals surface area contributed by atoms with Crippen molar-refractivity contribution in [3.8, 4) is 0 Å². The van der Waals surface area contributed by atoms with Gasteiger partial charge in [0, 0.05) is 19.4 Å². The zero-order valence-electron chi connectivity index (χ0n) is 26.4. The third kappa shape index (κ3) is 29.6. The summed E-state index contributed by atoms with van der Waals surface area (Å²) in [5.74, 6) is -0.922. The molecule has 0 fully saturated rings. The largest absolute Gasteiger partial charge is 0.472 e. The Morgan fingerprint density at radius 3 is 1.86 bits per heavy atom. The van der Waals surface area contributed by atoms with Gasteiger partial charge in [0.05, 0.1) is 13.2 Å². The first-order chi connectivity index (χ1) is 20.8. The summed E-state index contributed by atoms with van der Waals surface area (Å²) in [5, 5.41) is 0. The molecule has 3 N–H and O–H groups in total. The molecule has 0 aromatic carbocycles. The Bertz CT molecular complexity index is 897. The molecule has 2 atom stereocenters. The lowest BCUT2D eigenvalue weighted by atomic mass is 10.1. The number of esters is 2. The maximum Gasteiger partial charge on any atom is 0.472 e. The molecule has 0 saturated carbocycles. The molecular formula is C33H56NO8P. The van der Waals surface area contributed by atoms with Crippen molar-refractivity contribution >= 4 is 19.8 Å². The number of allylic oxidation sites excluding steroid dienone is 10. The summed E-state index contributed by atoms with van der Waals surface area (Å²) in [6.45, 7) is 3.40. The Labute approximate surface area is 259 Å². The van der Waals surface area contributed by atoms with Gasteiger partial charge in [0.1, 0.15) is 6.61 Å². The van der Waals surface area contributed by atoms with Gasteiger partial charge < -0.3 is 20.1 Å². The molecule has 0 amide bonds. The van der Waals surface area contributed by atoms with E-state index >= 15 is 0 Å². The fourth-order valence-electron chi connectivity index (χ4n) is 3.61. The number of nitrogens with two attached hydrogens (primary N) is 1. The quantitative estimate of drug-likeness (QED) is 0.0386. The van der Waals surface area contributed by atoms with E-state index in [0.29, 0.717) is 19.3 Å². The van der Waals surface area contributed by atoms with Gasteiger partial charge in [0.15, 0.2) is 6.10 Å². The molecule has 0 spiro atoms. The van der Waals surface area contributed by atoms with Gasteiger partial charge in [-0.05, 0) is 51.4 Å². The predicted molar refractivity (Wildman–Crippen MR) is 173 cm³/mol. The van der Waals surface area contributed by atoms with Crippen molar-refractivity contribution in [1.29, 1.82) is 0 Å². The Balaban J connectivity index is 4.37. The highest BCUT2D eigenvalue weighted by Gasteiger charge is 2.25. The second-order valence-electron chi connectivity index (χ2n) is 9.95. The first kappa shape index (κ1) is 40.7. The van der Waals surface area contributed by atoms with Crippen LogP contribution in [0.25, 0.3) is 0 Å². The highest BCUT2D eigenvalue weighted by atomic mass is 31.2. The molecule has 0 saturated heterocycles. The van der Waals surface area contributed by atoms with Gasteiger partial charge in [-0.3, -0.25) is 18.6 Å². The van der Waals surface area contributed by atoms with Gasteiger partial charge in [-0.1, -0.05) is 100 Å². The second kappa shape index (κ2) is 29.8. The van der Waals surface area contributed by atoms with E-state index in [1.54, 1.807) is 0 Å². The van der Waals surface area contributed by atoms with Gasteiger partial charge in [-0.25, -0.2) is 4.57 Å². The molecule has 0 heterocycles. The van der Waals surface area contributed by atoms with Crippen LogP contribution in [0.2, 0.25) is 0 Å². The fraction of sp³-hybridized carbons (Fsp3) is 0.636. The molecule has 0 bridgehead atoms. The van der Waals surface area contributed by atoms with E-state index in [1.807, 2.05) is 6.08 Å². The zero-order valence-corrected chi connectivity index (χ0v) is 27.3. The number of carbonyl (C=O) groups is 2. The molecule has 9 nitrogen and oxygen atoms in total. The SMILES string of the molecule is CC/C=C\C/C=C\C/C=C\C/C=C\C/C=C\CCCC(=O)OC(COC(=O)CCCCCCC)COP(=O)(O)OCCN. The Kier molecular flexibility index (Phi) is 28.2. The number of ether oxygens (including phenoxy) is 2. The fourth-order valence-corrected chi connectivity index (χ4v) is 4.37. The molecule has 0 aromatic rings. The van der Waals surface area contributed by atoms with Crippen molar-refractivity contribution < 1.29 is 37.6 Å². The van der Waals surface area contributed by atoms with Crippen molar-refractivity contribution in [3.05, 3.63) is 60.8 Å². The van der Waals surface area contributed by atoms with E-state index in [-0.39, 0.29) is 32.6 Å². The molecular weight excluding hydrogens is 569 g/mol. The lowest BCUT2D eigenvalue weighted by Crippen LogP contribution is -2.29. The smallest absolute Gasteiger partial charge is 0.462 e. The van der Waals surface area contributed by atoms with Gasteiger partial charge >= 0.3 is 19.8 Å². The van der Waals surface area contributed by atoms with Crippen molar-refractivity contribution in [2.75, 3.05) is 26.4 Å². The topological polar surface area (TPSA) is 134 Å². The molecule has 2 unspecified atom stereocenters. The van der Waals surface area contributed by atoms with Gasteiger partial charge in [-0.2, -0.15) is 0 Å². The standard InChI is InChI=1S/C33H56NO8P/c1-3-5-7-9-10-11-12-13-14-15-16-17-18-19-20-22-24-26-33(36)42-31(30-41-43(37,38)40-28-27-34)29-39-32(35)25-23-21-8-6-4-2/h5,7,10-11,13-14,16-17,19-20,31H,3-4,6,8-9,12,15,18,21-30,34H2,1-2H3,(H,37,38)/b7-5-,11-10-,14-13-,17-16-,20-19-. The van der Waals surface area contributed by atoms with Gasteiger partial charge in [0.2, 0.25) is 0 Å². The average Bonchev–Trinajstić information content (AvgIpc) is 2.99. The summed E-state index contributed by atoms with van der Waals surface area (Å²) in [6.07, 6.45) is 31.6. The van der Waals surface area contributed by atoms with Gasteiger partial charge in [-0.15, -0.1) is 0 Å². The van der Waals surface area contributed by atoms with Crippen LogP contribution in [0, 0.1) is 0 Å². The molecule has 43 heavy (non-hydrogen) atoms. The summed E-state index contributed by atoms with van der Waals surface area (Å²) in [4.78, 5) is 34.2. The maximum absolute atomic E-state index is 12.4. The minimum Gasteiger partial charge on any atom is -0.462 e. The highest BCUT2D eigenvalue weighted by molar-refractivity contribution is 7.47. The van der Waals surface area contributed by atoms with Crippen LogP contribution in [0.5, 0.6) is 0 Å². The number of hydrogen-bond acceptors (Lipinski definition) is 8. The summed E-state index contributed by atoms with van der Waals surface area (Å²) in [7, 11) is -4.37. The lowest BCUT2D eigenvalue weighted by Gasteiger charge is -2.19. The first-order valence-corrected chi connectivity index (χ1v) is 17.3. The van der Waals surface area contributed by atoms with Crippen LogP contribution >= 0.6 is 7.82 Å². The van der Waals surface area contributed by atoms with Gasteiger partial charge in [0.25, 0.3) is 0 Å². The number of phosphoric ester groups is 1. The van der Waals surface area contributed by atoms with Crippen LogP contribution in [-0.4, -0.2) is 49.3 Å². The van der Waals surface area contributed by atoms with E-state index in [9.17, 15) is 19.0 Å². The molecule has 0 aromatic heterocycles. The maximum atomic E-state index is 12.4. The summed E-state index contributed by atoms with van der Waals surface area (Å²) in [6, 6.07) is 0. The minimum absolute atomic E-state index is 0.0417. The van der Waals surface area contributed by atoms with Crippen LogP contribution in [-0.2, 0) is 32.7 Å². The normalized spacial score (nSPS) is 14.4. The molecule has 0 aliphatic carbocycles. The van der Waals surface area contributed by atoms with Crippen LogP contribution in [0.3, 0.4) is 0 Å². The molecule has 10 heteroatoms. The lowest BCUT2D eigenvalue weighted by molar-refractivity contribution is -0.161. The van der Waals surface area contributed by atoms with Crippen molar-refractivity contribution in [2.24, 2.45) is 5.73 Å². The monoisotopic (exact) mass is 625 g/mol. The summed E-state index contributed by atoms with van der Waals surface area (Å²) >= 11 is 0. The number of carbonyl (C=O) groups excluding carboxylic acids is 2. The van der Waals surface area contributed by atoms with E-state index in [4.69, 9.17) is 24.3 Å². The number of hydrogen-bond donors (Lipinski definition) is 2. The van der Waals surface area contributed by atoms with Crippen LogP contribution < -0.4 is 5.73 Å². The summed E-state index contributed by atoms with van der Waals surface area (Å²) < 4.78 is 32.2. The average molecular weight is 626 g/mol. The van der Waals surface area contributed by atoms with Crippen molar-refractivity contribution in [2.45, 2.75) is 110 Å². The van der Waals surface area contributed by atoms with E-state index < -0.39 is 32.5 Å². The van der Waals surface area contributed by atoms with Crippen molar-refractivity contribution in [1.82, 2.24) is 0 Å². The molecule has 246 valence electrons. The molecule has 0 radical (unpaired) electrons. The van der Waals surface area contributed by atoms with E-state index in [0.717, 1.165) is 57.8 Å². The third-order valence-corrected chi connectivity index (χ3v) is 6.90. The number of unbranched alkanes of at least 4 members (excludes halogenated alkanes) is 5. The summed E-state index contributed by atoms with van der Waals surface area (Å²) in [5.41, 5.74) is 5.29.